The zero-order valence-corrected chi connectivity index (χ0v) is 7.28. The van der Waals surface area contributed by atoms with Crippen molar-refractivity contribution < 1.29 is 33.7 Å². The molecule has 0 amide bonds. The third-order valence-electron chi connectivity index (χ3n) is 2.87. The molecule has 0 saturated carbocycles. The minimum Gasteiger partial charge on any atom is -0.433 e. The van der Waals surface area contributed by atoms with Gasteiger partial charge < -0.3 is 19.3 Å². The van der Waals surface area contributed by atoms with Gasteiger partial charge in [0.15, 0.2) is 6.10 Å². The number of hydrogen-bond acceptors (Lipinski definition) is 7. The van der Waals surface area contributed by atoms with E-state index in [2.05, 4.69) is 9.47 Å². The molecule has 4 unspecified atom stereocenters. The van der Waals surface area contributed by atoms with Crippen molar-refractivity contribution in [1.29, 1.82) is 0 Å². The van der Waals surface area contributed by atoms with Crippen molar-refractivity contribution in [2.75, 3.05) is 0 Å². The van der Waals surface area contributed by atoms with Gasteiger partial charge in [0.1, 0.15) is 17.9 Å². The Morgan fingerprint density at radius 3 is 2.47 bits per heavy atom. The molecule has 3 aliphatic heterocycles. The van der Waals surface area contributed by atoms with Crippen LogP contribution in [-0.4, -0.2) is 41.5 Å². The maximum atomic E-state index is 11.3. The van der Waals surface area contributed by atoms with Crippen LogP contribution in [0.3, 0.4) is 0 Å². The normalized spacial score (nSPS) is 47.5. The van der Waals surface area contributed by atoms with Crippen molar-refractivity contribution in [1.82, 2.24) is 0 Å². The fourth-order valence-corrected chi connectivity index (χ4v) is 2.22. The van der Waals surface area contributed by atoms with E-state index in [0.717, 1.165) is 0 Å². The number of ether oxygens (including phenoxy) is 3. The molecule has 0 aliphatic carbocycles. The Hall–Kier alpha value is -1.47. The van der Waals surface area contributed by atoms with Gasteiger partial charge in [-0.25, -0.2) is 4.79 Å². The van der Waals surface area contributed by atoms with Crippen molar-refractivity contribution in [3.63, 3.8) is 0 Å². The van der Waals surface area contributed by atoms with Crippen LogP contribution in [0.4, 0.5) is 0 Å². The first kappa shape index (κ1) is 8.81. The van der Waals surface area contributed by atoms with Crippen molar-refractivity contribution in [2.24, 2.45) is 11.8 Å². The van der Waals surface area contributed by atoms with Crippen molar-refractivity contribution in [2.45, 2.75) is 18.5 Å². The molecule has 3 rings (SSSR count). The van der Waals surface area contributed by atoms with Crippen LogP contribution in [0.2, 0.25) is 0 Å². The highest BCUT2D eigenvalue weighted by Gasteiger charge is 2.66. The molecule has 0 aromatic carbocycles. The minimum absolute atomic E-state index is 0.730. The second-order valence-corrected chi connectivity index (χ2v) is 3.64. The highest BCUT2D eigenvalue weighted by Crippen LogP contribution is 2.43. The molecule has 0 aromatic heterocycles. The fraction of sp³-hybridized carbons (Fsp3) is 0.625. The van der Waals surface area contributed by atoms with Crippen LogP contribution in [0.5, 0.6) is 0 Å². The minimum atomic E-state index is -1.41. The highest BCUT2D eigenvalue weighted by atomic mass is 16.7. The number of aliphatic hydroxyl groups is 1. The topological polar surface area (TPSA) is 99.1 Å². The van der Waals surface area contributed by atoms with Gasteiger partial charge in [-0.1, -0.05) is 0 Å². The Balaban J connectivity index is 1.99. The third-order valence-corrected chi connectivity index (χ3v) is 2.87. The number of carbonyl (C=O) groups excluding carboxylic acids is 3. The number of esters is 3. The van der Waals surface area contributed by atoms with E-state index >= 15 is 0 Å². The van der Waals surface area contributed by atoms with Gasteiger partial charge in [0.2, 0.25) is 6.29 Å². The van der Waals surface area contributed by atoms with Gasteiger partial charge in [0.25, 0.3) is 0 Å². The van der Waals surface area contributed by atoms with Gasteiger partial charge in [-0.15, -0.1) is 0 Å². The lowest BCUT2D eigenvalue weighted by atomic mass is 9.90. The summed E-state index contributed by atoms with van der Waals surface area (Å²) in [5.74, 6) is -4.22. The van der Waals surface area contributed by atoms with Crippen LogP contribution in [-0.2, 0) is 28.6 Å². The predicted octanol–water partition coefficient (Wildman–Crippen LogP) is -2.06. The average Bonchev–Trinajstić information content (AvgIpc) is 2.72. The number of cyclic esters (lactones) is 3. The summed E-state index contributed by atoms with van der Waals surface area (Å²) in [5, 5.41) is 9.27. The maximum absolute atomic E-state index is 11.3. The van der Waals surface area contributed by atoms with Crippen LogP contribution < -0.4 is 0 Å². The summed E-state index contributed by atoms with van der Waals surface area (Å²) in [6, 6.07) is 0. The van der Waals surface area contributed by atoms with Gasteiger partial charge in [-0.3, -0.25) is 9.59 Å². The summed E-state index contributed by atoms with van der Waals surface area (Å²) in [6.07, 6.45) is -3.42. The van der Waals surface area contributed by atoms with Gasteiger partial charge in [0.05, 0.1) is 0 Å². The van der Waals surface area contributed by atoms with Gasteiger partial charge in [-0.05, 0) is 0 Å². The summed E-state index contributed by atoms with van der Waals surface area (Å²) in [6.45, 7) is 0. The summed E-state index contributed by atoms with van der Waals surface area (Å²) < 4.78 is 13.9. The SMILES string of the molecule is O=C1OC(=O)C2C1OC1C2C(=O)O[C@@H]1O. The second-order valence-electron chi connectivity index (χ2n) is 3.64. The van der Waals surface area contributed by atoms with Crippen LogP contribution in [0.15, 0.2) is 0 Å². The fourth-order valence-electron chi connectivity index (χ4n) is 2.22. The van der Waals surface area contributed by atoms with Crippen molar-refractivity contribution in [3.8, 4) is 0 Å². The summed E-state index contributed by atoms with van der Waals surface area (Å²) in [7, 11) is 0. The quantitative estimate of drug-likeness (QED) is 0.365. The Kier molecular flexibility index (Phi) is 1.50. The van der Waals surface area contributed by atoms with Crippen LogP contribution in [0, 0.1) is 11.8 Å². The molecular formula is C8H6O7. The van der Waals surface area contributed by atoms with Gasteiger partial charge >= 0.3 is 17.9 Å². The van der Waals surface area contributed by atoms with E-state index in [4.69, 9.17) is 4.74 Å². The lowest BCUT2D eigenvalue weighted by Gasteiger charge is -2.10. The molecule has 3 saturated heterocycles. The van der Waals surface area contributed by atoms with E-state index < -0.39 is 48.2 Å². The average molecular weight is 214 g/mol. The molecule has 3 fully saturated rings. The first-order valence-electron chi connectivity index (χ1n) is 4.39. The lowest BCUT2D eigenvalue weighted by molar-refractivity contribution is -0.170. The Morgan fingerprint density at radius 2 is 1.73 bits per heavy atom. The molecule has 0 aromatic rings. The molecule has 7 nitrogen and oxygen atoms in total. The molecular weight excluding hydrogens is 208 g/mol. The summed E-state index contributed by atoms with van der Waals surface area (Å²) >= 11 is 0. The van der Waals surface area contributed by atoms with Crippen LogP contribution in [0.1, 0.15) is 0 Å². The van der Waals surface area contributed by atoms with E-state index in [1.807, 2.05) is 0 Å². The monoisotopic (exact) mass is 214 g/mol. The van der Waals surface area contributed by atoms with E-state index in [0.29, 0.717) is 0 Å². The van der Waals surface area contributed by atoms with E-state index in [-0.39, 0.29) is 0 Å². The Morgan fingerprint density at radius 1 is 1.00 bits per heavy atom. The van der Waals surface area contributed by atoms with Crippen molar-refractivity contribution >= 4 is 17.9 Å². The Labute approximate surface area is 82.9 Å². The van der Waals surface area contributed by atoms with E-state index in [1.54, 1.807) is 0 Å². The summed E-state index contributed by atoms with van der Waals surface area (Å²) in [4.78, 5) is 33.6. The first-order valence-corrected chi connectivity index (χ1v) is 4.39. The van der Waals surface area contributed by atoms with Crippen LogP contribution >= 0.6 is 0 Å². The molecule has 80 valence electrons. The molecule has 5 atom stereocenters. The molecule has 15 heavy (non-hydrogen) atoms. The number of fused-ring (bicyclic) bond motifs is 3. The van der Waals surface area contributed by atoms with E-state index in [1.165, 1.54) is 0 Å². The maximum Gasteiger partial charge on any atom is 0.343 e. The molecule has 0 radical (unpaired) electrons. The number of carbonyl (C=O) groups is 3. The molecule has 1 N–H and O–H groups in total. The molecule has 0 spiro atoms. The molecule has 7 heteroatoms. The van der Waals surface area contributed by atoms with Gasteiger partial charge in [0, 0.05) is 0 Å². The lowest BCUT2D eigenvalue weighted by Crippen LogP contribution is -2.28. The number of rotatable bonds is 0. The predicted molar refractivity (Wildman–Crippen MR) is 38.8 cm³/mol. The zero-order chi connectivity index (χ0) is 10.7. The number of hydrogen-bond donors (Lipinski definition) is 1. The molecule has 3 aliphatic rings. The smallest absolute Gasteiger partial charge is 0.343 e. The standard InChI is InChI=1S/C8H6O7/c9-5-1-2-4(8(12)15-6(2)10)13-3(1)7(11)14-5/h1-4,7,11H/t1?,2?,3?,4?,7-/m0/s1. The van der Waals surface area contributed by atoms with Gasteiger partial charge in [-0.2, -0.15) is 0 Å². The Bertz CT molecular complexity index is 375. The third kappa shape index (κ3) is 0.936. The number of aliphatic hydroxyl groups excluding tert-OH is 1. The summed E-state index contributed by atoms with van der Waals surface area (Å²) in [5.41, 5.74) is 0. The zero-order valence-electron chi connectivity index (χ0n) is 7.28. The highest BCUT2D eigenvalue weighted by molar-refractivity contribution is 6.01. The first-order chi connectivity index (χ1) is 7.09. The van der Waals surface area contributed by atoms with Crippen LogP contribution in [0.25, 0.3) is 0 Å². The van der Waals surface area contributed by atoms with Crippen molar-refractivity contribution in [3.05, 3.63) is 0 Å². The molecule has 0 bridgehead atoms. The molecule has 3 heterocycles. The van der Waals surface area contributed by atoms with E-state index in [9.17, 15) is 19.5 Å². The largest absolute Gasteiger partial charge is 0.433 e. The second kappa shape index (κ2) is 2.56.